The third-order valence-electron chi connectivity index (χ3n) is 6.12. The molecule has 0 heterocycles. The normalized spacial score (nSPS) is 12.9. The lowest BCUT2D eigenvalue weighted by Gasteiger charge is -2.32. The van der Waals surface area contributed by atoms with Crippen molar-refractivity contribution in [2.75, 3.05) is 10.8 Å². The van der Waals surface area contributed by atoms with E-state index in [0.29, 0.717) is 10.2 Å². The average Bonchev–Trinajstić information content (AvgIpc) is 2.90. The van der Waals surface area contributed by atoms with Gasteiger partial charge >= 0.3 is 0 Å². The van der Waals surface area contributed by atoms with Crippen molar-refractivity contribution >= 4 is 59.4 Å². The summed E-state index contributed by atoms with van der Waals surface area (Å²) in [5.74, 6) is -0.807. The van der Waals surface area contributed by atoms with Gasteiger partial charge in [0.25, 0.3) is 10.0 Å². The Morgan fingerprint density at radius 2 is 1.53 bits per heavy atom. The summed E-state index contributed by atoms with van der Waals surface area (Å²) in [7, 11) is -4.09. The van der Waals surface area contributed by atoms with Crippen LogP contribution in [0.5, 0.6) is 0 Å². The van der Waals surface area contributed by atoms with Gasteiger partial charge in [-0.05, 0) is 68.3 Å². The highest BCUT2D eigenvalue weighted by molar-refractivity contribution is 9.10. The molecule has 0 fully saturated rings. The number of carbonyl (C=O) groups excluding carboxylic acids is 2. The van der Waals surface area contributed by atoms with Gasteiger partial charge < -0.3 is 10.2 Å². The monoisotopic (exact) mass is 663 g/mol. The quantitative estimate of drug-likeness (QED) is 0.283. The van der Waals surface area contributed by atoms with Gasteiger partial charge in [-0.25, -0.2) is 8.42 Å². The number of anilines is 1. The molecule has 0 bridgehead atoms. The van der Waals surface area contributed by atoms with E-state index in [9.17, 15) is 18.0 Å². The zero-order chi connectivity index (χ0) is 27.9. The molecule has 3 aromatic carbocycles. The number of amides is 2. The fourth-order valence-electron chi connectivity index (χ4n) is 3.76. The van der Waals surface area contributed by atoms with Crippen LogP contribution >= 0.6 is 31.9 Å². The topological polar surface area (TPSA) is 86.8 Å². The van der Waals surface area contributed by atoms with Crippen molar-refractivity contribution in [3.8, 4) is 0 Å². The van der Waals surface area contributed by atoms with Crippen molar-refractivity contribution in [1.29, 1.82) is 0 Å². The Hall–Kier alpha value is -2.69. The smallest absolute Gasteiger partial charge is 0.264 e. The summed E-state index contributed by atoms with van der Waals surface area (Å²) in [5, 5.41) is 2.93. The third kappa shape index (κ3) is 7.68. The Labute approximate surface area is 241 Å². The van der Waals surface area contributed by atoms with Crippen LogP contribution in [0.3, 0.4) is 0 Å². The molecule has 0 aliphatic carbocycles. The molecule has 0 saturated carbocycles. The first-order chi connectivity index (χ1) is 18.0. The van der Waals surface area contributed by atoms with Crippen molar-refractivity contribution in [2.24, 2.45) is 0 Å². The van der Waals surface area contributed by atoms with Gasteiger partial charge in [0.15, 0.2) is 0 Å². The fourth-order valence-corrected chi connectivity index (χ4v) is 6.02. The molecular formula is C28H31Br2N3O4S. The van der Waals surface area contributed by atoms with Crippen molar-refractivity contribution in [2.45, 2.75) is 50.7 Å². The second-order valence-corrected chi connectivity index (χ2v) is 12.6. The number of nitrogens with one attached hydrogen (secondary N) is 1. The van der Waals surface area contributed by atoms with Gasteiger partial charge in [0.05, 0.1) is 10.6 Å². The van der Waals surface area contributed by atoms with E-state index in [1.54, 1.807) is 49.4 Å². The number of carbonyl (C=O) groups is 2. The Morgan fingerprint density at radius 1 is 0.895 bits per heavy atom. The Morgan fingerprint density at radius 3 is 2.13 bits per heavy atom. The van der Waals surface area contributed by atoms with Gasteiger partial charge in [-0.1, -0.05) is 75.2 Å². The molecule has 2 atom stereocenters. The van der Waals surface area contributed by atoms with Gasteiger partial charge in [-0.3, -0.25) is 13.9 Å². The van der Waals surface area contributed by atoms with Crippen LogP contribution in [0, 0.1) is 0 Å². The van der Waals surface area contributed by atoms with Gasteiger partial charge in [0.2, 0.25) is 11.8 Å². The lowest BCUT2D eigenvalue weighted by Crippen LogP contribution is -2.52. The van der Waals surface area contributed by atoms with Crippen LogP contribution in [-0.2, 0) is 26.2 Å². The molecule has 0 radical (unpaired) electrons. The van der Waals surface area contributed by atoms with Gasteiger partial charge in [0.1, 0.15) is 12.6 Å². The van der Waals surface area contributed by atoms with E-state index < -0.39 is 28.5 Å². The first-order valence-corrected chi connectivity index (χ1v) is 15.2. The second-order valence-electron chi connectivity index (χ2n) is 8.95. The lowest BCUT2D eigenvalue weighted by molar-refractivity contribution is -0.139. The SMILES string of the molecule is CC[C@H](C)NC(=O)[C@H](C)N(Cc1cccc(Br)c1)C(=O)CN(c1cccc(Br)c1)S(=O)(=O)c1ccccc1. The molecule has 1 N–H and O–H groups in total. The minimum atomic E-state index is -4.09. The third-order valence-corrected chi connectivity index (χ3v) is 8.89. The molecule has 7 nitrogen and oxygen atoms in total. The van der Waals surface area contributed by atoms with E-state index in [-0.39, 0.29) is 23.4 Å². The fraction of sp³-hybridized carbons (Fsp3) is 0.286. The lowest BCUT2D eigenvalue weighted by atomic mass is 10.1. The summed E-state index contributed by atoms with van der Waals surface area (Å²) in [4.78, 5) is 28.5. The zero-order valence-corrected chi connectivity index (χ0v) is 25.5. The molecule has 2 amide bonds. The summed E-state index contributed by atoms with van der Waals surface area (Å²) >= 11 is 6.85. The molecule has 0 spiro atoms. The zero-order valence-electron chi connectivity index (χ0n) is 21.5. The minimum absolute atomic E-state index is 0.0638. The summed E-state index contributed by atoms with van der Waals surface area (Å²) in [6.07, 6.45) is 0.740. The number of hydrogen-bond acceptors (Lipinski definition) is 4. The molecule has 0 unspecified atom stereocenters. The molecular weight excluding hydrogens is 634 g/mol. The molecule has 3 rings (SSSR count). The van der Waals surface area contributed by atoms with Crippen LogP contribution in [0.2, 0.25) is 0 Å². The van der Waals surface area contributed by atoms with Crippen molar-refractivity contribution in [3.63, 3.8) is 0 Å². The molecule has 0 saturated heterocycles. The van der Waals surface area contributed by atoms with Crippen molar-refractivity contribution < 1.29 is 18.0 Å². The summed E-state index contributed by atoms with van der Waals surface area (Å²) in [6.45, 7) is 5.16. The maximum atomic E-state index is 13.9. The van der Waals surface area contributed by atoms with Crippen molar-refractivity contribution in [3.05, 3.63) is 93.4 Å². The van der Waals surface area contributed by atoms with E-state index in [2.05, 4.69) is 37.2 Å². The Balaban J connectivity index is 2.02. The van der Waals surface area contributed by atoms with Gasteiger partial charge in [-0.15, -0.1) is 0 Å². The first kappa shape index (κ1) is 29.9. The van der Waals surface area contributed by atoms with Crippen LogP contribution in [0.25, 0.3) is 0 Å². The highest BCUT2D eigenvalue weighted by Gasteiger charge is 2.32. The second kappa shape index (κ2) is 13.4. The molecule has 0 aliphatic rings. The highest BCUT2D eigenvalue weighted by Crippen LogP contribution is 2.27. The predicted molar refractivity (Wildman–Crippen MR) is 157 cm³/mol. The summed E-state index contributed by atoms with van der Waals surface area (Å²) in [5.41, 5.74) is 1.13. The minimum Gasteiger partial charge on any atom is -0.352 e. The van der Waals surface area contributed by atoms with Crippen molar-refractivity contribution in [1.82, 2.24) is 10.2 Å². The van der Waals surface area contributed by atoms with Crippen LogP contribution in [0.1, 0.15) is 32.8 Å². The summed E-state index contributed by atoms with van der Waals surface area (Å²) < 4.78 is 30.1. The van der Waals surface area contributed by atoms with Gasteiger partial charge in [-0.2, -0.15) is 0 Å². The number of halogens is 2. The number of rotatable bonds is 11. The van der Waals surface area contributed by atoms with Crippen LogP contribution in [0.4, 0.5) is 5.69 Å². The average molecular weight is 665 g/mol. The van der Waals surface area contributed by atoms with Crippen LogP contribution < -0.4 is 9.62 Å². The predicted octanol–water partition coefficient (Wildman–Crippen LogP) is 5.74. The van der Waals surface area contributed by atoms with Gasteiger partial charge in [0, 0.05) is 21.5 Å². The molecule has 10 heteroatoms. The number of benzene rings is 3. The first-order valence-electron chi connectivity index (χ1n) is 12.2. The molecule has 38 heavy (non-hydrogen) atoms. The number of hydrogen-bond donors (Lipinski definition) is 1. The van der Waals surface area contributed by atoms with E-state index >= 15 is 0 Å². The highest BCUT2D eigenvalue weighted by atomic mass is 79.9. The summed E-state index contributed by atoms with van der Waals surface area (Å²) in [6, 6.07) is 21.3. The van der Waals surface area contributed by atoms with Crippen LogP contribution in [0.15, 0.2) is 92.7 Å². The number of nitrogens with zero attached hydrogens (tertiary/aromatic N) is 2. The standard InChI is InChI=1S/C28H31Br2N3O4S/c1-4-20(2)31-28(35)21(3)32(18-22-10-8-11-23(29)16-22)27(34)19-33(25-13-9-12-24(30)17-25)38(36,37)26-14-6-5-7-15-26/h5-17,20-21H,4,18-19H2,1-3H3,(H,31,35)/t20-,21-/m0/s1. The van der Waals surface area contributed by atoms with E-state index in [0.717, 1.165) is 20.8 Å². The molecule has 3 aromatic rings. The molecule has 202 valence electrons. The maximum Gasteiger partial charge on any atom is 0.264 e. The molecule has 0 aromatic heterocycles. The largest absolute Gasteiger partial charge is 0.352 e. The number of sulfonamides is 1. The molecule has 0 aliphatic heterocycles. The van der Waals surface area contributed by atoms with Crippen LogP contribution in [-0.4, -0.2) is 43.8 Å². The Kier molecular flexibility index (Phi) is 10.5. The Bertz CT molecular complexity index is 1370. The van der Waals surface area contributed by atoms with E-state index in [4.69, 9.17) is 0 Å². The maximum absolute atomic E-state index is 13.9. The van der Waals surface area contributed by atoms with E-state index in [1.165, 1.54) is 17.0 Å². The van der Waals surface area contributed by atoms with E-state index in [1.807, 2.05) is 38.1 Å².